The van der Waals surface area contributed by atoms with Gasteiger partial charge >= 0.3 is 0 Å². The number of aromatic nitrogens is 2. The Morgan fingerprint density at radius 1 is 0.787 bits per heavy atom. The van der Waals surface area contributed by atoms with Crippen LogP contribution in [0.15, 0.2) is 126 Å². The molecule has 0 aliphatic rings. The van der Waals surface area contributed by atoms with Gasteiger partial charge in [-0.25, -0.2) is 0 Å². The number of benzene rings is 5. The quantitative estimate of drug-likeness (QED) is 0.110. The van der Waals surface area contributed by atoms with Crippen LogP contribution in [0.25, 0.3) is 82.4 Å². The molecule has 47 heavy (non-hydrogen) atoms. The smallest absolute Gasteiger partial charge is 0.155 e. The van der Waals surface area contributed by atoms with Crippen molar-refractivity contribution in [3.8, 4) is 22.4 Å². The maximum absolute atomic E-state index is 10.0. The Kier molecular flexibility index (Phi) is 7.63. The fourth-order valence-corrected chi connectivity index (χ4v) is 6.71. The molecule has 9 rings (SSSR count). The van der Waals surface area contributed by atoms with Crippen LogP contribution < -0.4 is 0 Å². The number of rotatable bonds is 3. The van der Waals surface area contributed by atoms with Crippen LogP contribution in [0.2, 0.25) is 0 Å². The van der Waals surface area contributed by atoms with E-state index in [-0.39, 0.29) is 31.6 Å². The van der Waals surface area contributed by atoms with Gasteiger partial charge in [0.25, 0.3) is 0 Å². The minimum atomic E-state index is -0.125. The maximum Gasteiger partial charge on any atom is 0.155 e. The number of hydrogen-bond donors (Lipinski definition) is 1. The normalized spacial score (nSPS) is 11.9. The van der Waals surface area contributed by atoms with Crippen LogP contribution in [-0.2, 0) is 24.9 Å². The number of ketones is 1. The van der Waals surface area contributed by atoms with Gasteiger partial charge in [0.15, 0.2) is 5.78 Å². The summed E-state index contributed by atoms with van der Waals surface area (Å²) in [7, 11) is 0. The van der Waals surface area contributed by atoms with E-state index in [2.05, 4.69) is 113 Å². The van der Waals surface area contributed by atoms with Crippen LogP contribution in [0, 0.1) is 13.0 Å². The molecule has 0 saturated heterocycles. The monoisotopic (exact) mass is 790 g/mol. The summed E-state index contributed by atoms with van der Waals surface area (Å²) < 4.78 is 8.72. The van der Waals surface area contributed by atoms with Crippen molar-refractivity contribution < 1.29 is 34.4 Å². The van der Waals surface area contributed by atoms with Crippen LogP contribution in [-0.4, -0.2) is 20.3 Å². The van der Waals surface area contributed by atoms with Crippen molar-refractivity contribution in [2.24, 2.45) is 0 Å². The number of nitrogens with zero attached hydrogens (tertiary/aromatic N) is 2. The molecule has 0 unspecified atom stereocenters. The van der Waals surface area contributed by atoms with Gasteiger partial charge in [-0.05, 0) is 84.9 Å². The third kappa shape index (κ3) is 5.07. The third-order valence-corrected chi connectivity index (χ3v) is 8.54. The van der Waals surface area contributed by atoms with Gasteiger partial charge < -0.3 is 18.9 Å². The predicted octanol–water partition coefficient (Wildman–Crippen LogP) is 10.6. The Morgan fingerprint density at radius 3 is 2.30 bits per heavy atom. The Labute approximate surface area is 284 Å². The van der Waals surface area contributed by atoms with Gasteiger partial charge in [-0.1, -0.05) is 65.5 Å². The summed E-state index contributed by atoms with van der Waals surface area (Å²) in [5.74, 6) is -0.0625. The van der Waals surface area contributed by atoms with E-state index in [4.69, 9.17) is 9.52 Å². The molecule has 0 atom stereocenters. The SMILES string of the molecule is CC(=O)/C=C(/C)O.Cc1ccnc(-c2[c-]cc3c(c2)c2cc(-c4ccccc4)cc4c5c6c(ccc5n3c24)oc2ccccc26)c1.[Ir]. The molecule has 1 N–H and O–H groups in total. The number of fused-ring (bicyclic) bond motifs is 10. The number of carbonyl (C=O) groups is 1. The van der Waals surface area contributed by atoms with E-state index < -0.39 is 0 Å². The van der Waals surface area contributed by atoms with Crippen molar-refractivity contribution in [3.05, 3.63) is 133 Å². The fourth-order valence-electron chi connectivity index (χ4n) is 6.71. The van der Waals surface area contributed by atoms with E-state index in [0.717, 1.165) is 33.3 Å². The first-order chi connectivity index (χ1) is 22.4. The molecular weight excluding hydrogens is 761 g/mol. The first-order valence-electron chi connectivity index (χ1n) is 15.2. The number of hydrogen-bond acceptors (Lipinski definition) is 4. The van der Waals surface area contributed by atoms with Gasteiger partial charge in [-0.3, -0.25) is 4.79 Å². The van der Waals surface area contributed by atoms with Gasteiger partial charge in [-0.15, -0.1) is 23.8 Å². The zero-order chi connectivity index (χ0) is 31.5. The molecule has 4 aromatic heterocycles. The van der Waals surface area contributed by atoms with Crippen LogP contribution >= 0.6 is 0 Å². The minimum absolute atomic E-state index is 0. The van der Waals surface area contributed by atoms with Crippen LogP contribution in [0.5, 0.6) is 0 Å². The van der Waals surface area contributed by atoms with Crippen LogP contribution in [0.1, 0.15) is 19.4 Å². The number of pyridine rings is 1. The molecule has 0 amide bonds. The number of allylic oxidation sites excluding steroid dienone is 2. The second-order valence-electron chi connectivity index (χ2n) is 11.8. The van der Waals surface area contributed by atoms with Gasteiger partial charge in [-0.2, -0.15) is 0 Å². The van der Waals surface area contributed by atoms with Gasteiger partial charge in [0, 0.05) is 59.4 Å². The molecule has 0 fully saturated rings. The van der Waals surface area contributed by atoms with Gasteiger partial charge in [0.1, 0.15) is 11.2 Å². The second kappa shape index (κ2) is 11.8. The average Bonchev–Trinajstić information content (AvgIpc) is 3.70. The van der Waals surface area contributed by atoms with Crippen molar-refractivity contribution in [2.45, 2.75) is 20.8 Å². The summed E-state index contributed by atoms with van der Waals surface area (Å²) in [6, 6.07) is 40.1. The summed E-state index contributed by atoms with van der Waals surface area (Å²) >= 11 is 0. The van der Waals surface area contributed by atoms with Crippen molar-refractivity contribution >= 4 is 65.8 Å². The minimum Gasteiger partial charge on any atom is -0.512 e. The standard InChI is InChI=1S/C36H21N2O.C5H8O2.Ir/c1-21-15-16-37-29(17-21)23-11-12-30-26(18-23)27-19-24(22-7-3-2-4-8-22)20-28-34-31(38(30)36(27)28)13-14-33-35(34)25-9-5-6-10-32(25)39-33;1-4(6)3-5(2)7;/h2-10,12-20H,1H3;3,6H,1-2H3;/q-1;;/b;4-3-;. The first kappa shape index (κ1) is 30.4. The van der Waals surface area contributed by atoms with E-state index in [1.807, 2.05) is 18.3 Å². The number of aliphatic hydroxyl groups is 1. The Bertz CT molecular complexity index is 2640. The average molecular weight is 790 g/mol. The van der Waals surface area contributed by atoms with E-state index >= 15 is 0 Å². The molecule has 0 aliphatic carbocycles. The van der Waals surface area contributed by atoms with Crippen molar-refractivity contribution in [2.75, 3.05) is 0 Å². The topological polar surface area (TPSA) is 67.7 Å². The van der Waals surface area contributed by atoms with Gasteiger partial charge in [0.05, 0.1) is 11.3 Å². The molecule has 5 nitrogen and oxygen atoms in total. The van der Waals surface area contributed by atoms with E-state index in [1.165, 1.54) is 74.6 Å². The molecule has 9 aromatic rings. The van der Waals surface area contributed by atoms with Gasteiger partial charge in [0.2, 0.25) is 0 Å². The molecule has 0 saturated carbocycles. The number of aliphatic hydroxyl groups excluding tert-OH is 1. The molecule has 0 bridgehead atoms. The summed E-state index contributed by atoms with van der Waals surface area (Å²) in [5, 5.41) is 15.6. The predicted molar refractivity (Wildman–Crippen MR) is 188 cm³/mol. The second-order valence-corrected chi connectivity index (χ2v) is 11.8. The van der Waals surface area contributed by atoms with E-state index in [0.29, 0.717) is 0 Å². The zero-order valence-electron chi connectivity index (χ0n) is 26.0. The molecule has 231 valence electrons. The molecule has 4 heterocycles. The zero-order valence-corrected chi connectivity index (χ0v) is 28.4. The Hall–Kier alpha value is -5.29. The fraction of sp³-hybridized carbons (Fsp3) is 0.0732. The number of carbonyl (C=O) groups excluding carboxylic acids is 1. The number of aryl methyl sites for hydroxylation is 1. The summed E-state index contributed by atoms with van der Waals surface area (Å²) in [4.78, 5) is 14.7. The molecule has 1 radical (unpaired) electrons. The molecule has 5 aromatic carbocycles. The molecule has 0 spiro atoms. The summed E-state index contributed by atoms with van der Waals surface area (Å²) in [6.07, 6.45) is 3.04. The van der Waals surface area contributed by atoms with Crippen LogP contribution in [0.4, 0.5) is 0 Å². The molecular formula is C41H29IrN2O3-. The van der Waals surface area contributed by atoms with Crippen molar-refractivity contribution in [1.29, 1.82) is 0 Å². The van der Waals surface area contributed by atoms with E-state index in [1.54, 1.807) is 0 Å². The van der Waals surface area contributed by atoms with Crippen molar-refractivity contribution in [1.82, 2.24) is 9.38 Å². The summed E-state index contributed by atoms with van der Waals surface area (Å²) in [6.45, 7) is 4.95. The summed E-state index contributed by atoms with van der Waals surface area (Å²) in [5.41, 5.74) is 11.0. The largest absolute Gasteiger partial charge is 0.512 e. The third-order valence-electron chi connectivity index (χ3n) is 8.54. The van der Waals surface area contributed by atoms with Crippen molar-refractivity contribution in [3.63, 3.8) is 0 Å². The first-order valence-corrected chi connectivity index (χ1v) is 15.2. The number of para-hydroxylation sites is 1. The number of furan rings is 1. The molecule has 0 aliphatic heterocycles. The Morgan fingerprint density at radius 2 is 1.55 bits per heavy atom. The Balaban J connectivity index is 0.000000399. The molecule has 6 heteroatoms. The van der Waals surface area contributed by atoms with E-state index in [9.17, 15) is 4.79 Å². The maximum atomic E-state index is 10.0. The van der Waals surface area contributed by atoms with Crippen LogP contribution in [0.3, 0.4) is 0 Å².